The van der Waals surface area contributed by atoms with Crippen molar-refractivity contribution in [3.63, 3.8) is 0 Å². The lowest BCUT2D eigenvalue weighted by Crippen LogP contribution is -2.16. The molecular weight excluding hydrogens is 1300 g/mol. The Morgan fingerprint density at radius 1 is 0.286 bits per heavy atom. The lowest BCUT2D eigenvalue weighted by Gasteiger charge is -2.28. The van der Waals surface area contributed by atoms with Crippen LogP contribution in [0.4, 0.5) is 0 Å². The molecule has 4 aliphatic rings. The van der Waals surface area contributed by atoms with E-state index in [0.29, 0.717) is 22.3 Å². The Balaban J connectivity index is 0.539. The molecule has 9 heteroatoms. The molecule has 0 saturated heterocycles. The van der Waals surface area contributed by atoms with Crippen LogP contribution in [0.1, 0.15) is 71.2 Å². The quantitative estimate of drug-likeness (QED) is 0.128. The molecule has 0 fully saturated rings. The molecule has 8 nitrogen and oxygen atoms in total. The smallest absolute Gasteiger partial charge is 0.137 e. The minimum absolute atomic E-state index is 0.317. The van der Waals surface area contributed by atoms with Gasteiger partial charge in [-0.3, -0.25) is 9.13 Å². The molecule has 4 atom stereocenters. The van der Waals surface area contributed by atoms with E-state index in [4.69, 9.17) is 9.97 Å². The van der Waals surface area contributed by atoms with Gasteiger partial charge in [-0.05, 0) is 158 Å². The predicted octanol–water partition coefficient (Wildman–Crippen LogP) is 24.0. The molecule has 8 heterocycles. The van der Waals surface area contributed by atoms with E-state index in [1.54, 1.807) is 0 Å². The van der Waals surface area contributed by atoms with Crippen LogP contribution in [0.15, 0.2) is 316 Å². The fraction of sp³-hybridized carbons (Fsp3) is 0.104. The number of hydrogen-bond donors (Lipinski definition) is 0. The number of benzene rings is 10. The number of fused-ring (bicyclic) bond motifs is 18. The van der Waals surface area contributed by atoms with E-state index in [0.717, 1.165) is 84.0 Å². The maximum atomic E-state index is 5.38. The monoisotopic (exact) mass is 1370 g/mol. The first-order chi connectivity index (χ1) is 52.1. The van der Waals surface area contributed by atoms with Gasteiger partial charge in [0.1, 0.15) is 11.6 Å². The number of rotatable bonds is 10. The summed E-state index contributed by atoms with van der Waals surface area (Å²) in [5.74, 6) is 2.51. The van der Waals surface area contributed by atoms with E-state index in [9.17, 15) is 0 Å². The van der Waals surface area contributed by atoms with Crippen LogP contribution in [0.2, 0.25) is 0 Å². The van der Waals surface area contributed by atoms with Gasteiger partial charge in [-0.1, -0.05) is 194 Å². The van der Waals surface area contributed by atoms with E-state index in [-0.39, 0.29) is 0 Å². The summed E-state index contributed by atoms with van der Waals surface area (Å²) in [6, 6.07) is 93.8. The zero-order valence-electron chi connectivity index (χ0n) is 57.7. The fourth-order valence-electron chi connectivity index (χ4n) is 18.4. The lowest BCUT2D eigenvalue weighted by molar-refractivity contribution is 0.645. The molecule has 0 bridgehead atoms. The van der Waals surface area contributed by atoms with Crippen molar-refractivity contribution in [2.45, 2.75) is 60.9 Å². The van der Waals surface area contributed by atoms with Crippen LogP contribution in [0.5, 0.6) is 0 Å². The van der Waals surface area contributed by atoms with Gasteiger partial charge in [0.2, 0.25) is 0 Å². The molecule has 10 aromatic carbocycles. The van der Waals surface area contributed by atoms with Gasteiger partial charge in [0, 0.05) is 147 Å². The average molecular weight is 1370 g/mol. The van der Waals surface area contributed by atoms with E-state index in [1.807, 2.05) is 0 Å². The first-order valence-electron chi connectivity index (χ1n) is 37.1. The van der Waals surface area contributed by atoms with Gasteiger partial charge in [-0.2, -0.15) is 0 Å². The number of nitrogens with zero attached hydrogens (tertiary/aromatic N) is 8. The minimum Gasteiger partial charge on any atom is -0.309 e. The number of aromatic nitrogens is 8. The predicted molar refractivity (Wildman–Crippen MR) is 441 cm³/mol. The summed E-state index contributed by atoms with van der Waals surface area (Å²) >= 11 is 2.13. The Kier molecular flexibility index (Phi) is 13.8. The molecular formula is C96H70N8S. The Labute approximate surface area is 611 Å². The maximum Gasteiger partial charge on any atom is 0.137 e. The summed E-state index contributed by atoms with van der Waals surface area (Å²) in [6.07, 6.45) is 34.4. The van der Waals surface area contributed by atoms with Crippen LogP contribution >= 0.6 is 11.8 Å². The van der Waals surface area contributed by atoms with Crippen molar-refractivity contribution in [1.82, 2.24) is 37.4 Å². The number of thioether (sulfide) groups is 1. The molecule has 8 aromatic heterocycles. The Bertz CT molecular complexity index is 6220. The van der Waals surface area contributed by atoms with Crippen LogP contribution in [-0.2, 0) is 12.8 Å². The van der Waals surface area contributed by atoms with Crippen molar-refractivity contribution in [3.8, 4) is 23.0 Å². The highest BCUT2D eigenvalue weighted by molar-refractivity contribution is 8.00. The normalized spacial score (nSPS) is 17.5. The standard InChI is InChI=1S/C96H70N8S/c1-9-29-83-71(21-1)72-22-2-10-30-84(72)99(83)65-19-17-37-91-79(55-65)81-57-67(101-87-33-13-5-25-75(87)76-26-6-14-34-88(76)101)45-51-93(81)103(91)95-53-43-63(59-97-95)61-39-47-69(48-40-61)105-70-49-41-62(42-50-70)64-44-54-96(98-60-64)104-92-38-18-20-66(100-85-31-11-3-23-73(85)74-24-4-12-32-86(74)100)56-80(92)82-58-68(46-52-94(82)104)102-89-35-15-7-27-77(89)78-28-8-16-36-90(78)102/h1-36,39,41,43-47,49,51-62,69-70H,37-38,40,42,48,50H2. The summed E-state index contributed by atoms with van der Waals surface area (Å²) in [7, 11) is 0. The van der Waals surface area contributed by atoms with Crippen LogP contribution in [0.3, 0.4) is 0 Å². The second kappa shape index (κ2) is 24.1. The molecule has 105 heavy (non-hydrogen) atoms. The summed E-state index contributed by atoms with van der Waals surface area (Å²) in [6.45, 7) is 0. The molecule has 0 N–H and O–H groups in total. The lowest BCUT2D eigenvalue weighted by atomic mass is 9.90. The number of allylic oxidation sites excluding steroid dienone is 8. The molecule has 0 amide bonds. The summed E-state index contributed by atoms with van der Waals surface area (Å²) < 4.78 is 14.6. The van der Waals surface area contributed by atoms with E-state index >= 15 is 0 Å². The van der Waals surface area contributed by atoms with Crippen molar-refractivity contribution in [3.05, 3.63) is 349 Å². The van der Waals surface area contributed by atoms with Crippen molar-refractivity contribution in [2.24, 2.45) is 0 Å². The van der Waals surface area contributed by atoms with E-state index in [2.05, 4.69) is 367 Å². The van der Waals surface area contributed by atoms with Gasteiger partial charge < -0.3 is 18.3 Å². The maximum absolute atomic E-state index is 5.38. The zero-order chi connectivity index (χ0) is 68.8. The summed E-state index contributed by atoms with van der Waals surface area (Å²) in [5, 5.41) is 13.4. The fourth-order valence-corrected chi connectivity index (χ4v) is 19.7. The number of pyridine rings is 2. The van der Waals surface area contributed by atoms with Crippen LogP contribution in [-0.4, -0.2) is 47.9 Å². The van der Waals surface area contributed by atoms with Gasteiger partial charge in [0.15, 0.2) is 0 Å². The minimum atomic E-state index is 0.317. The van der Waals surface area contributed by atoms with Gasteiger partial charge >= 0.3 is 0 Å². The van der Waals surface area contributed by atoms with Crippen LogP contribution < -0.4 is 0 Å². The van der Waals surface area contributed by atoms with Crippen molar-refractivity contribution < 1.29 is 0 Å². The second-order valence-corrected chi connectivity index (χ2v) is 30.4. The molecule has 4 aliphatic carbocycles. The summed E-state index contributed by atoms with van der Waals surface area (Å²) in [5.41, 5.74) is 23.9. The molecule has 4 unspecified atom stereocenters. The third kappa shape index (κ3) is 9.54. The highest BCUT2D eigenvalue weighted by Gasteiger charge is 2.29. The van der Waals surface area contributed by atoms with Gasteiger partial charge in [0.25, 0.3) is 0 Å². The van der Waals surface area contributed by atoms with E-state index in [1.165, 1.54) is 132 Å². The Morgan fingerprint density at radius 3 is 0.905 bits per heavy atom. The van der Waals surface area contributed by atoms with Crippen molar-refractivity contribution >= 4 is 144 Å². The molecule has 0 saturated carbocycles. The van der Waals surface area contributed by atoms with Crippen molar-refractivity contribution in [2.75, 3.05) is 0 Å². The van der Waals surface area contributed by atoms with Gasteiger partial charge in [-0.15, -0.1) is 11.8 Å². The van der Waals surface area contributed by atoms with E-state index < -0.39 is 0 Å². The zero-order valence-corrected chi connectivity index (χ0v) is 58.5. The highest BCUT2D eigenvalue weighted by Crippen LogP contribution is 2.45. The van der Waals surface area contributed by atoms with Crippen molar-refractivity contribution in [1.29, 1.82) is 0 Å². The highest BCUT2D eigenvalue weighted by atomic mass is 32.2. The molecule has 0 aliphatic heterocycles. The van der Waals surface area contributed by atoms with Gasteiger partial charge in [0.05, 0.1) is 55.2 Å². The topological polar surface area (TPSA) is 55.4 Å². The first-order valence-corrected chi connectivity index (χ1v) is 38.0. The third-order valence-corrected chi connectivity index (χ3v) is 24.7. The average Bonchev–Trinajstić information content (AvgIpc) is 1.57. The number of para-hydroxylation sites is 8. The Hall–Kier alpha value is -12.4. The summed E-state index contributed by atoms with van der Waals surface area (Å²) in [4.78, 5) is 10.8. The molecule has 500 valence electrons. The first kappa shape index (κ1) is 60.2. The molecule has 0 spiro atoms. The largest absolute Gasteiger partial charge is 0.309 e. The Morgan fingerprint density at radius 2 is 0.600 bits per heavy atom. The number of hydrogen-bond acceptors (Lipinski definition) is 3. The van der Waals surface area contributed by atoms with Gasteiger partial charge in [-0.25, -0.2) is 9.97 Å². The molecule has 0 radical (unpaired) electrons. The van der Waals surface area contributed by atoms with Crippen LogP contribution in [0, 0.1) is 0 Å². The third-order valence-electron chi connectivity index (χ3n) is 23.2. The molecule has 22 rings (SSSR count). The van der Waals surface area contributed by atoms with Crippen LogP contribution in [0.25, 0.3) is 156 Å². The molecule has 18 aromatic rings. The SMILES string of the molecule is C1=CC(n2c3ccccc3c3ccccc32)=Cc2c(n(-c3ccc(C4C=CC(SC5C=CC(c6ccc(-n7c8c(c9cc(-n%10c%11ccccc%11c%11ccccc%11%10)ccc97)C=C(n7c9ccccc9c9ccccc97)C=CC8)nc6)CC5)CC4)cn3)c3ccc(-n4c5ccccc5c5ccccc54)cc23)C1. The second-order valence-electron chi connectivity index (χ2n) is 28.9.